The molecule has 0 aliphatic carbocycles. The van der Waals surface area contributed by atoms with Gasteiger partial charge >= 0.3 is 0 Å². The van der Waals surface area contributed by atoms with Crippen molar-refractivity contribution in [3.63, 3.8) is 0 Å². The second-order valence-corrected chi connectivity index (χ2v) is 9.87. The fourth-order valence-corrected chi connectivity index (χ4v) is 5.80. The Morgan fingerprint density at radius 3 is 2.19 bits per heavy atom. The smallest absolute Gasteiger partial charge is 0.118 e. The van der Waals surface area contributed by atoms with Crippen molar-refractivity contribution in [2.24, 2.45) is 5.41 Å². The summed E-state index contributed by atoms with van der Waals surface area (Å²) in [6, 6.07) is 9.06. The maximum atomic E-state index is 11.5. The maximum absolute atomic E-state index is 11.5. The van der Waals surface area contributed by atoms with Gasteiger partial charge < -0.3 is 14.7 Å². The largest absolute Gasteiger partial charge is 0.497 e. The predicted molar refractivity (Wildman–Crippen MR) is 109 cm³/mol. The number of fused-ring (bicyclic) bond motifs is 2. The van der Waals surface area contributed by atoms with Crippen molar-refractivity contribution in [3.05, 3.63) is 29.8 Å². The Morgan fingerprint density at radius 2 is 1.63 bits per heavy atom. The van der Waals surface area contributed by atoms with Crippen LogP contribution in [0.2, 0.25) is 0 Å². The summed E-state index contributed by atoms with van der Waals surface area (Å²) in [5.74, 6) is 0.853. The highest BCUT2D eigenvalue weighted by molar-refractivity contribution is 5.32. The lowest BCUT2D eigenvalue weighted by Crippen LogP contribution is -2.53. The lowest BCUT2D eigenvalue weighted by atomic mass is 9.79. The van der Waals surface area contributed by atoms with Crippen molar-refractivity contribution in [1.82, 2.24) is 9.80 Å². The number of methoxy groups -OCH3 is 1. The van der Waals surface area contributed by atoms with E-state index in [2.05, 4.69) is 23.6 Å². The summed E-state index contributed by atoms with van der Waals surface area (Å²) in [4.78, 5) is 5.37. The number of likely N-dealkylation sites (tertiary alicyclic amines) is 1. The summed E-state index contributed by atoms with van der Waals surface area (Å²) in [5, 5.41) is 11.5. The Morgan fingerprint density at radius 1 is 1.04 bits per heavy atom. The van der Waals surface area contributed by atoms with E-state index in [0.29, 0.717) is 17.5 Å². The van der Waals surface area contributed by atoms with Gasteiger partial charge in [-0.05, 0) is 74.7 Å². The SMILES string of the molecule is COc1ccc(C2(O)C[C@H]3CC[C@@H](C2)N3CC(C)(C)CN2CCCC2)cc1. The molecule has 1 N–H and O–H groups in total. The first-order valence-corrected chi connectivity index (χ1v) is 10.7. The molecule has 0 radical (unpaired) electrons. The van der Waals surface area contributed by atoms with E-state index in [1.807, 2.05) is 24.3 Å². The summed E-state index contributed by atoms with van der Waals surface area (Å²) < 4.78 is 5.28. The summed E-state index contributed by atoms with van der Waals surface area (Å²) in [5.41, 5.74) is 0.672. The van der Waals surface area contributed by atoms with E-state index in [4.69, 9.17) is 4.74 Å². The van der Waals surface area contributed by atoms with Crippen molar-refractivity contribution < 1.29 is 9.84 Å². The molecule has 4 heteroatoms. The summed E-state index contributed by atoms with van der Waals surface area (Å²) in [7, 11) is 1.69. The van der Waals surface area contributed by atoms with Crippen molar-refractivity contribution in [1.29, 1.82) is 0 Å². The normalized spacial score (nSPS) is 32.1. The molecule has 150 valence electrons. The third-order valence-electron chi connectivity index (χ3n) is 7.01. The Hall–Kier alpha value is -1.10. The van der Waals surface area contributed by atoms with Gasteiger partial charge in [0.15, 0.2) is 0 Å². The molecule has 3 aliphatic heterocycles. The Labute approximate surface area is 164 Å². The van der Waals surface area contributed by atoms with Gasteiger partial charge in [-0.3, -0.25) is 4.90 Å². The van der Waals surface area contributed by atoms with Crippen LogP contribution < -0.4 is 4.74 Å². The van der Waals surface area contributed by atoms with Gasteiger partial charge in [0.05, 0.1) is 12.7 Å². The number of hydrogen-bond donors (Lipinski definition) is 1. The molecule has 4 nitrogen and oxygen atoms in total. The highest BCUT2D eigenvalue weighted by atomic mass is 16.5. The fraction of sp³-hybridized carbons (Fsp3) is 0.739. The number of aliphatic hydroxyl groups is 1. The predicted octanol–water partition coefficient (Wildman–Crippen LogP) is 3.63. The first kappa shape index (κ1) is 19.2. The van der Waals surface area contributed by atoms with Crippen LogP contribution in [0, 0.1) is 5.41 Å². The van der Waals surface area contributed by atoms with Crippen LogP contribution in [0.3, 0.4) is 0 Å². The molecular formula is C23H36N2O2. The zero-order valence-electron chi connectivity index (χ0n) is 17.3. The molecule has 3 aliphatic rings. The Bertz CT molecular complexity index is 622. The first-order chi connectivity index (χ1) is 12.9. The van der Waals surface area contributed by atoms with E-state index in [1.54, 1.807) is 7.11 Å². The van der Waals surface area contributed by atoms with Gasteiger partial charge in [0.25, 0.3) is 0 Å². The van der Waals surface area contributed by atoms with Gasteiger partial charge in [0.1, 0.15) is 5.75 Å². The van der Waals surface area contributed by atoms with Gasteiger partial charge in [0, 0.05) is 25.2 Å². The highest BCUT2D eigenvalue weighted by Crippen LogP contribution is 2.46. The van der Waals surface area contributed by atoms with Crippen molar-refractivity contribution in [2.75, 3.05) is 33.3 Å². The molecule has 1 unspecified atom stereocenters. The zero-order chi connectivity index (χ0) is 19.1. The minimum atomic E-state index is -0.687. The molecule has 27 heavy (non-hydrogen) atoms. The standard InChI is InChI=1S/C23H36N2O2/c1-22(2,16-24-12-4-5-13-24)17-25-19-8-9-20(25)15-23(26,14-19)18-6-10-21(27-3)11-7-18/h6-7,10-11,19-20,26H,4-5,8-9,12-17H2,1-3H3/t19-,20+,23?. The molecule has 3 heterocycles. The number of rotatable bonds is 6. The molecule has 3 saturated heterocycles. The van der Waals surface area contributed by atoms with Crippen LogP contribution in [0.1, 0.15) is 57.9 Å². The van der Waals surface area contributed by atoms with Crippen LogP contribution in [0.15, 0.2) is 24.3 Å². The molecule has 1 aromatic rings. The lowest BCUT2D eigenvalue weighted by molar-refractivity contribution is -0.0667. The second-order valence-electron chi connectivity index (χ2n) is 9.87. The van der Waals surface area contributed by atoms with E-state index < -0.39 is 5.60 Å². The van der Waals surface area contributed by atoms with Gasteiger partial charge in [-0.15, -0.1) is 0 Å². The van der Waals surface area contributed by atoms with Crippen molar-refractivity contribution in [3.8, 4) is 5.75 Å². The van der Waals surface area contributed by atoms with E-state index in [1.165, 1.54) is 45.3 Å². The average Bonchev–Trinajstić information content (AvgIpc) is 3.21. The van der Waals surface area contributed by atoms with Crippen molar-refractivity contribution >= 4 is 0 Å². The van der Waals surface area contributed by atoms with Gasteiger partial charge in [0.2, 0.25) is 0 Å². The summed E-state index contributed by atoms with van der Waals surface area (Å²) in [6.45, 7) is 9.74. The van der Waals surface area contributed by atoms with Gasteiger partial charge in [-0.25, -0.2) is 0 Å². The molecule has 3 atom stereocenters. The van der Waals surface area contributed by atoms with Crippen LogP contribution >= 0.6 is 0 Å². The Balaban J connectivity index is 1.43. The number of hydrogen-bond acceptors (Lipinski definition) is 4. The Kier molecular flexibility index (Phi) is 5.26. The zero-order valence-corrected chi connectivity index (χ0v) is 17.3. The molecule has 3 fully saturated rings. The van der Waals surface area contributed by atoms with E-state index in [0.717, 1.165) is 30.7 Å². The second kappa shape index (κ2) is 7.38. The topological polar surface area (TPSA) is 35.9 Å². The van der Waals surface area contributed by atoms with Crippen LogP contribution in [0.25, 0.3) is 0 Å². The van der Waals surface area contributed by atoms with Crippen LogP contribution in [-0.2, 0) is 5.60 Å². The number of piperidine rings is 1. The molecule has 4 rings (SSSR count). The van der Waals surface area contributed by atoms with Crippen LogP contribution in [-0.4, -0.2) is 60.3 Å². The average molecular weight is 373 g/mol. The highest BCUT2D eigenvalue weighted by Gasteiger charge is 2.49. The molecule has 0 aromatic heterocycles. The molecule has 0 saturated carbocycles. The van der Waals surface area contributed by atoms with Crippen LogP contribution in [0.5, 0.6) is 5.75 Å². The minimum Gasteiger partial charge on any atom is -0.497 e. The van der Waals surface area contributed by atoms with E-state index >= 15 is 0 Å². The molecule has 2 bridgehead atoms. The van der Waals surface area contributed by atoms with E-state index in [9.17, 15) is 5.11 Å². The quantitative estimate of drug-likeness (QED) is 0.827. The van der Waals surface area contributed by atoms with E-state index in [-0.39, 0.29) is 0 Å². The summed E-state index contributed by atoms with van der Waals surface area (Å²) in [6.07, 6.45) is 6.89. The molecule has 1 aromatic carbocycles. The van der Waals surface area contributed by atoms with Crippen molar-refractivity contribution in [2.45, 2.75) is 70.1 Å². The molecular weight excluding hydrogens is 336 g/mol. The lowest BCUT2D eigenvalue weighted by Gasteiger charge is -2.47. The first-order valence-electron chi connectivity index (χ1n) is 10.7. The van der Waals surface area contributed by atoms with Gasteiger partial charge in [-0.2, -0.15) is 0 Å². The minimum absolute atomic E-state index is 0.306. The number of ether oxygens (including phenoxy) is 1. The number of nitrogens with zero attached hydrogens (tertiary/aromatic N) is 2. The monoisotopic (exact) mass is 372 g/mol. The molecule has 0 spiro atoms. The molecule has 0 amide bonds. The number of benzene rings is 1. The third-order valence-corrected chi connectivity index (χ3v) is 7.01. The van der Waals surface area contributed by atoms with Crippen LogP contribution in [0.4, 0.5) is 0 Å². The summed E-state index contributed by atoms with van der Waals surface area (Å²) >= 11 is 0. The van der Waals surface area contributed by atoms with Gasteiger partial charge in [-0.1, -0.05) is 26.0 Å². The third kappa shape index (κ3) is 4.03. The fourth-order valence-electron chi connectivity index (χ4n) is 5.80. The maximum Gasteiger partial charge on any atom is 0.118 e.